The third kappa shape index (κ3) is 4.42. The molecule has 32 heavy (non-hydrogen) atoms. The lowest BCUT2D eigenvalue weighted by Crippen LogP contribution is -2.28. The molecule has 1 aromatic carbocycles. The van der Waals surface area contributed by atoms with Gasteiger partial charge < -0.3 is 15.1 Å². The Morgan fingerprint density at radius 2 is 1.97 bits per heavy atom. The maximum Gasteiger partial charge on any atom is 0.164 e. The molecule has 0 bridgehead atoms. The fourth-order valence-electron chi connectivity index (χ4n) is 3.80. The summed E-state index contributed by atoms with van der Waals surface area (Å²) < 4.78 is 28.6. The Labute approximate surface area is 187 Å². The smallest absolute Gasteiger partial charge is 0.164 e. The van der Waals surface area contributed by atoms with Crippen LogP contribution in [-0.2, 0) is 5.67 Å². The molecule has 7 heteroatoms. The zero-order valence-electron chi connectivity index (χ0n) is 18.6. The van der Waals surface area contributed by atoms with Crippen LogP contribution in [-0.4, -0.2) is 30.1 Å². The lowest BCUT2D eigenvalue weighted by Gasteiger charge is -2.27. The molecule has 0 unspecified atom stereocenters. The third-order valence-corrected chi connectivity index (χ3v) is 5.62. The summed E-state index contributed by atoms with van der Waals surface area (Å²) >= 11 is 0. The van der Waals surface area contributed by atoms with Crippen molar-refractivity contribution < 1.29 is 8.78 Å². The van der Waals surface area contributed by atoms with E-state index in [4.69, 9.17) is 4.98 Å². The van der Waals surface area contributed by atoms with Gasteiger partial charge >= 0.3 is 0 Å². The second kappa shape index (κ2) is 8.57. The summed E-state index contributed by atoms with van der Waals surface area (Å²) in [5.41, 5.74) is 1.98. The van der Waals surface area contributed by atoms with Gasteiger partial charge in [-0.1, -0.05) is 24.8 Å². The summed E-state index contributed by atoms with van der Waals surface area (Å²) in [5.74, 6) is 0.794. The zero-order valence-corrected chi connectivity index (χ0v) is 18.6. The van der Waals surface area contributed by atoms with E-state index in [9.17, 15) is 8.78 Å². The first kappa shape index (κ1) is 21.7. The predicted molar refractivity (Wildman–Crippen MR) is 126 cm³/mol. The van der Waals surface area contributed by atoms with Gasteiger partial charge in [0.25, 0.3) is 0 Å². The number of aromatic nitrogens is 2. The van der Waals surface area contributed by atoms with Crippen molar-refractivity contribution in [2.24, 2.45) is 0 Å². The normalized spacial score (nSPS) is 14.0. The number of benzene rings is 1. The van der Waals surface area contributed by atoms with E-state index >= 15 is 0 Å². The quantitative estimate of drug-likeness (QED) is 0.556. The molecule has 1 N–H and O–H groups in total. The molecule has 1 aliphatic heterocycles. The first-order valence-electron chi connectivity index (χ1n) is 10.6. The first-order chi connectivity index (χ1) is 15.2. The molecule has 0 radical (unpaired) electrons. The molecule has 0 saturated heterocycles. The maximum atomic E-state index is 14.5. The van der Waals surface area contributed by atoms with E-state index in [0.29, 0.717) is 23.6 Å². The molecular weight excluding hydrogens is 408 g/mol. The van der Waals surface area contributed by atoms with Crippen LogP contribution in [0, 0.1) is 5.82 Å². The molecule has 166 valence electrons. The molecule has 3 heterocycles. The number of fused-ring (bicyclic) bond motifs is 1. The van der Waals surface area contributed by atoms with Gasteiger partial charge in [-0.05, 0) is 50.1 Å². The van der Waals surface area contributed by atoms with Crippen molar-refractivity contribution in [3.05, 3.63) is 78.6 Å². The number of hydrogen-bond acceptors (Lipinski definition) is 5. The Balaban J connectivity index is 1.73. The minimum absolute atomic E-state index is 0.304. The van der Waals surface area contributed by atoms with Crippen molar-refractivity contribution in [3.8, 4) is 11.3 Å². The first-order valence-corrected chi connectivity index (χ1v) is 10.6. The highest BCUT2D eigenvalue weighted by molar-refractivity contribution is 5.75. The Morgan fingerprint density at radius 3 is 2.72 bits per heavy atom. The molecule has 5 nitrogen and oxygen atoms in total. The number of pyridine rings is 2. The van der Waals surface area contributed by atoms with Crippen LogP contribution >= 0.6 is 0 Å². The van der Waals surface area contributed by atoms with E-state index in [2.05, 4.69) is 21.8 Å². The Morgan fingerprint density at radius 1 is 1.16 bits per heavy atom. The largest absolute Gasteiger partial charge is 0.372 e. The van der Waals surface area contributed by atoms with Gasteiger partial charge in [0, 0.05) is 31.9 Å². The number of nitrogens with zero attached hydrogens (tertiary/aromatic N) is 4. The Kier molecular flexibility index (Phi) is 5.82. The fraction of sp³-hybridized carbons (Fsp3) is 0.280. The van der Waals surface area contributed by atoms with Crippen LogP contribution in [0.15, 0.2) is 67.3 Å². The number of hydrogen-bond donors (Lipinski definition) is 1. The van der Waals surface area contributed by atoms with Gasteiger partial charge in [-0.25, -0.2) is 13.8 Å². The van der Waals surface area contributed by atoms with Crippen LogP contribution in [0.2, 0.25) is 0 Å². The van der Waals surface area contributed by atoms with Crippen LogP contribution < -0.4 is 15.1 Å². The van der Waals surface area contributed by atoms with E-state index in [0.717, 1.165) is 41.9 Å². The second-order valence-corrected chi connectivity index (χ2v) is 8.45. The topological polar surface area (TPSA) is 44.3 Å². The molecule has 0 aliphatic carbocycles. The van der Waals surface area contributed by atoms with Crippen molar-refractivity contribution in [1.82, 2.24) is 9.97 Å². The average Bonchev–Trinajstić information content (AvgIpc) is 2.93. The highest BCUT2D eigenvalue weighted by Crippen LogP contribution is 2.35. The third-order valence-electron chi connectivity index (χ3n) is 5.62. The van der Waals surface area contributed by atoms with Gasteiger partial charge in [-0.3, -0.25) is 4.98 Å². The number of halogens is 2. The summed E-state index contributed by atoms with van der Waals surface area (Å²) in [7, 11) is 2.02. The molecule has 0 spiro atoms. The van der Waals surface area contributed by atoms with E-state index < -0.39 is 11.5 Å². The summed E-state index contributed by atoms with van der Waals surface area (Å²) in [5, 5.41) is 3.06. The van der Waals surface area contributed by atoms with Gasteiger partial charge in [-0.15, -0.1) is 0 Å². The molecule has 2 aromatic heterocycles. The minimum atomic E-state index is -1.44. The van der Waals surface area contributed by atoms with Crippen LogP contribution in [0.1, 0.15) is 25.8 Å². The number of nitrogens with one attached hydrogen (secondary N) is 1. The van der Waals surface area contributed by atoms with Crippen molar-refractivity contribution >= 4 is 17.2 Å². The van der Waals surface area contributed by atoms with Crippen molar-refractivity contribution in [2.75, 3.05) is 35.3 Å². The van der Waals surface area contributed by atoms with E-state index in [-0.39, 0.29) is 0 Å². The molecule has 0 amide bonds. The van der Waals surface area contributed by atoms with Crippen molar-refractivity contribution in [3.63, 3.8) is 0 Å². The lowest BCUT2D eigenvalue weighted by atomic mass is 9.97. The summed E-state index contributed by atoms with van der Waals surface area (Å²) in [4.78, 5) is 12.8. The zero-order chi connectivity index (χ0) is 22.9. The molecule has 3 aromatic rings. The van der Waals surface area contributed by atoms with Crippen molar-refractivity contribution in [2.45, 2.75) is 25.9 Å². The summed E-state index contributed by atoms with van der Waals surface area (Å²) in [6, 6.07) is 12.9. The average molecular weight is 436 g/mol. The van der Waals surface area contributed by atoms with Gasteiger partial charge in [0.1, 0.15) is 11.5 Å². The van der Waals surface area contributed by atoms with E-state index in [1.165, 1.54) is 6.20 Å². The van der Waals surface area contributed by atoms with Gasteiger partial charge in [0.2, 0.25) is 0 Å². The minimum Gasteiger partial charge on any atom is -0.372 e. The van der Waals surface area contributed by atoms with Crippen LogP contribution in [0.5, 0.6) is 0 Å². The second-order valence-electron chi connectivity index (χ2n) is 8.45. The Bertz CT molecular complexity index is 1140. The van der Waals surface area contributed by atoms with Crippen molar-refractivity contribution in [1.29, 1.82) is 0 Å². The van der Waals surface area contributed by atoms with Gasteiger partial charge in [0.05, 0.1) is 23.3 Å². The SMILES string of the molecule is C=C(Nc1ccncc1F)N1CCCN(C)c2ccc(-c3cccc(C(C)(C)F)c3)nc21. The number of rotatable bonds is 5. The molecular formula is C25H27F2N5. The predicted octanol–water partition coefficient (Wildman–Crippen LogP) is 5.72. The van der Waals surface area contributed by atoms with Crippen LogP contribution in [0.4, 0.5) is 26.0 Å². The monoisotopic (exact) mass is 435 g/mol. The molecule has 0 fully saturated rings. The molecule has 0 atom stereocenters. The van der Waals surface area contributed by atoms with Crippen LogP contribution in [0.3, 0.4) is 0 Å². The molecule has 0 saturated carbocycles. The lowest BCUT2D eigenvalue weighted by molar-refractivity contribution is 0.221. The highest BCUT2D eigenvalue weighted by atomic mass is 19.1. The highest BCUT2D eigenvalue weighted by Gasteiger charge is 2.24. The molecule has 4 rings (SSSR count). The van der Waals surface area contributed by atoms with Crippen LogP contribution in [0.25, 0.3) is 11.3 Å². The van der Waals surface area contributed by atoms with E-state index in [1.54, 1.807) is 26.0 Å². The summed E-state index contributed by atoms with van der Waals surface area (Å²) in [6.45, 7) is 8.76. The van der Waals surface area contributed by atoms with E-state index in [1.807, 2.05) is 42.3 Å². The van der Waals surface area contributed by atoms with Gasteiger partial charge in [0.15, 0.2) is 11.6 Å². The molecule has 1 aliphatic rings. The standard InChI is InChI=1S/C25H27F2N5/c1-17(29-22-11-12-28-16-20(22)26)32-14-6-13-31(4)23-10-9-21(30-24(23)32)18-7-5-8-19(15-18)25(2,3)27/h5,7-12,15-16H,1,6,13-14H2,2-4H3,(H,28,29). The number of alkyl halides is 1. The summed E-state index contributed by atoms with van der Waals surface area (Å²) in [6.07, 6.45) is 3.57. The maximum absolute atomic E-state index is 14.5. The fourth-order valence-corrected chi connectivity index (χ4v) is 3.80. The Hall–Kier alpha value is -3.48. The van der Waals surface area contributed by atoms with Gasteiger partial charge in [-0.2, -0.15) is 0 Å². The number of anilines is 3.